The van der Waals surface area contributed by atoms with E-state index < -0.39 is 0 Å². The molecule has 1 aromatic carbocycles. The van der Waals surface area contributed by atoms with E-state index in [9.17, 15) is 4.79 Å². The molecule has 0 saturated carbocycles. The van der Waals surface area contributed by atoms with Crippen molar-refractivity contribution in [3.63, 3.8) is 0 Å². The Bertz CT molecular complexity index is 849. The largest absolute Gasteiger partial charge is 0.493 e. The molecule has 0 bridgehead atoms. The number of ether oxygens (including phenoxy) is 2. The summed E-state index contributed by atoms with van der Waals surface area (Å²) in [5.74, 6) is 1.91. The molecule has 0 aliphatic carbocycles. The van der Waals surface area contributed by atoms with Crippen molar-refractivity contribution in [1.82, 2.24) is 14.8 Å². The summed E-state index contributed by atoms with van der Waals surface area (Å²) in [5.41, 5.74) is 1.77. The highest BCUT2D eigenvalue weighted by Gasteiger charge is 2.26. The second-order valence-electron chi connectivity index (χ2n) is 8.96. The molecule has 32 heavy (non-hydrogen) atoms. The summed E-state index contributed by atoms with van der Waals surface area (Å²) in [5, 5.41) is 0. The predicted octanol–water partition coefficient (Wildman–Crippen LogP) is 4.29. The van der Waals surface area contributed by atoms with Gasteiger partial charge in [0.05, 0.1) is 13.7 Å². The molecule has 0 radical (unpaired) electrons. The minimum Gasteiger partial charge on any atom is -0.493 e. The normalized spacial score (nSPS) is 15.0. The second-order valence-corrected chi connectivity index (χ2v) is 8.96. The van der Waals surface area contributed by atoms with Crippen molar-refractivity contribution in [3.8, 4) is 11.5 Å². The van der Waals surface area contributed by atoms with Crippen LogP contribution in [-0.2, 0) is 6.42 Å². The van der Waals surface area contributed by atoms with Gasteiger partial charge in [0.2, 0.25) is 0 Å². The molecule has 0 spiro atoms. The molecule has 1 saturated heterocycles. The second kappa shape index (κ2) is 11.9. The van der Waals surface area contributed by atoms with Gasteiger partial charge in [-0.2, -0.15) is 0 Å². The number of benzene rings is 1. The maximum absolute atomic E-state index is 13.1. The SMILES string of the molecule is COc1cc(C(=O)N(C)C2CCN(CCc3ccccn3)CC2)ccc1OCCC(C)C. The number of hydrogen-bond acceptors (Lipinski definition) is 5. The average Bonchev–Trinajstić information content (AvgIpc) is 2.82. The van der Waals surface area contributed by atoms with Gasteiger partial charge in [-0.3, -0.25) is 9.78 Å². The smallest absolute Gasteiger partial charge is 0.253 e. The van der Waals surface area contributed by atoms with Crippen molar-refractivity contribution in [1.29, 1.82) is 0 Å². The number of aromatic nitrogens is 1. The first-order chi connectivity index (χ1) is 15.5. The number of amides is 1. The molecule has 6 nitrogen and oxygen atoms in total. The van der Waals surface area contributed by atoms with Gasteiger partial charge in [-0.05, 0) is 55.5 Å². The van der Waals surface area contributed by atoms with E-state index in [2.05, 4.69) is 29.8 Å². The monoisotopic (exact) mass is 439 g/mol. The van der Waals surface area contributed by atoms with Crippen LogP contribution in [0, 0.1) is 5.92 Å². The first-order valence-corrected chi connectivity index (χ1v) is 11.7. The molecule has 1 aliphatic rings. The van der Waals surface area contributed by atoms with Crippen molar-refractivity contribution >= 4 is 5.91 Å². The topological polar surface area (TPSA) is 54.9 Å². The van der Waals surface area contributed by atoms with Crippen LogP contribution >= 0.6 is 0 Å². The molecule has 1 aromatic heterocycles. The van der Waals surface area contributed by atoms with Crippen molar-refractivity contribution in [2.45, 2.75) is 45.6 Å². The third-order valence-electron chi connectivity index (χ3n) is 6.20. The summed E-state index contributed by atoms with van der Waals surface area (Å²) >= 11 is 0. The lowest BCUT2D eigenvalue weighted by Gasteiger charge is -2.36. The summed E-state index contributed by atoms with van der Waals surface area (Å²) in [4.78, 5) is 21.9. The number of carbonyl (C=O) groups is 1. The Balaban J connectivity index is 1.51. The average molecular weight is 440 g/mol. The van der Waals surface area contributed by atoms with Crippen molar-refractivity contribution in [2.24, 2.45) is 5.92 Å². The number of nitrogens with zero attached hydrogens (tertiary/aromatic N) is 3. The Hall–Kier alpha value is -2.60. The van der Waals surface area contributed by atoms with E-state index in [0.29, 0.717) is 29.6 Å². The van der Waals surface area contributed by atoms with Gasteiger partial charge in [-0.25, -0.2) is 0 Å². The maximum Gasteiger partial charge on any atom is 0.253 e. The van der Waals surface area contributed by atoms with E-state index in [4.69, 9.17) is 9.47 Å². The van der Waals surface area contributed by atoms with Crippen molar-refractivity contribution in [2.75, 3.05) is 40.4 Å². The number of likely N-dealkylation sites (tertiary alicyclic amines) is 1. The Morgan fingerprint density at radius 3 is 2.62 bits per heavy atom. The third-order valence-corrected chi connectivity index (χ3v) is 6.20. The maximum atomic E-state index is 13.1. The molecule has 6 heteroatoms. The van der Waals surface area contributed by atoms with Gasteiger partial charge in [-0.1, -0.05) is 19.9 Å². The zero-order valence-corrected chi connectivity index (χ0v) is 19.9. The molecule has 1 fully saturated rings. The minimum atomic E-state index is 0.0314. The minimum absolute atomic E-state index is 0.0314. The molecule has 0 atom stereocenters. The molecular formula is C26H37N3O3. The number of hydrogen-bond donors (Lipinski definition) is 0. The molecule has 174 valence electrons. The molecule has 2 aromatic rings. The fourth-order valence-electron chi connectivity index (χ4n) is 4.04. The van der Waals surface area contributed by atoms with Crippen LogP contribution in [0.4, 0.5) is 0 Å². The van der Waals surface area contributed by atoms with Crippen molar-refractivity contribution in [3.05, 3.63) is 53.9 Å². The van der Waals surface area contributed by atoms with Crippen LogP contribution in [0.3, 0.4) is 0 Å². The molecule has 1 aliphatic heterocycles. The summed E-state index contributed by atoms with van der Waals surface area (Å²) in [7, 11) is 3.53. The summed E-state index contributed by atoms with van der Waals surface area (Å²) in [6.45, 7) is 7.99. The lowest BCUT2D eigenvalue weighted by Crippen LogP contribution is -2.46. The zero-order chi connectivity index (χ0) is 22.9. The Labute approximate surface area is 192 Å². The lowest BCUT2D eigenvalue weighted by atomic mass is 10.0. The predicted molar refractivity (Wildman–Crippen MR) is 127 cm³/mol. The van der Waals surface area contributed by atoms with Crippen LogP contribution in [0.5, 0.6) is 11.5 Å². The van der Waals surface area contributed by atoms with Crippen LogP contribution in [0.25, 0.3) is 0 Å². The standard InChI is InChI=1S/C26H37N3O3/c1-20(2)13-18-32-24-9-8-21(19-25(24)31-4)26(30)28(3)23-11-16-29(17-12-23)15-10-22-7-5-6-14-27-22/h5-9,14,19-20,23H,10-13,15-18H2,1-4H3. The van der Waals surface area contributed by atoms with Crippen LogP contribution in [0.15, 0.2) is 42.6 Å². The fourth-order valence-corrected chi connectivity index (χ4v) is 4.04. The Morgan fingerprint density at radius 1 is 1.19 bits per heavy atom. The Kier molecular flexibility index (Phi) is 8.91. The zero-order valence-electron chi connectivity index (χ0n) is 19.9. The number of piperidine rings is 1. The van der Waals surface area contributed by atoms with E-state index in [1.54, 1.807) is 13.2 Å². The van der Waals surface area contributed by atoms with Crippen LogP contribution in [0.2, 0.25) is 0 Å². The van der Waals surface area contributed by atoms with E-state index in [-0.39, 0.29) is 11.9 Å². The molecule has 3 rings (SSSR count). The number of methoxy groups -OCH3 is 1. The van der Waals surface area contributed by atoms with Crippen molar-refractivity contribution < 1.29 is 14.3 Å². The van der Waals surface area contributed by atoms with E-state index in [0.717, 1.165) is 51.0 Å². The van der Waals surface area contributed by atoms with Gasteiger partial charge in [0, 0.05) is 56.6 Å². The van der Waals surface area contributed by atoms with Gasteiger partial charge >= 0.3 is 0 Å². The first-order valence-electron chi connectivity index (χ1n) is 11.7. The number of rotatable bonds is 10. The lowest BCUT2D eigenvalue weighted by molar-refractivity contribution is 0.0643. The molecule has 1 amide bonds. The Morgan fingerprint density at radius 2 is 1.97 bits per heavy atom. The summed E-state index contributed by atoms with van der Waals surface area (Å²) in [6, 6.07) is 11.8. The highest BCUT2D eigenvalue weighted by Crippen LogP contribution is 2.29. The molecule has 0 unspecified atom stereocenters. The molecule has 0 N–H and O–H groups in total. The van der Waals surface area contributed by atoms with Crippen LogP contribution in [-0.4, -0.2) is 67.1 Å². The van der Waals surface area contributed by atoms with Crippen LogP contribution in [0.1, 0.15) is 49.2 Å². The fraction of sp³-hybridized carbons (Fsp3) is 0.538. The van der Waals surface area contributed by atoms with Gasteiger partial charge < -0.3 is 19.3 Å². The summed E-state index contributed by atoms with van der Waals surface area (Å²) in [6.07, 6.45) is 5.76. The molecule has 2 heterocycles. The highest BCUT2D eigenvalue weighted by molar-refractivity contribution is 5.95. The quantitative estimate of drug-likeness (QED) is 0.553. The van der Waals surface area contributed by atoms with Gasteiger partial charge in [0.1, 0.15) is 0 Å². The van der Waals surface area contributed by atoms with Gasteiger partial charge in [-0.15, -0.1) is 0 Å². The van der Waals surface area contributed by atoms with Gasteiger partial charge in [0.15, 0.2) is 11.5 Å². The van der Waals surface area contributed by atoms with E-state index >= 15 is 0 Å². The third kappa shape index (κ3) is 6.70. The van der Waals surface area contributed by atoms with Gasteiger partial charge in [0.25, 0.3) is 5.91 Å². The first kappa shape index (κ1) is 24.1. The highest BCUT2D eigenvalue weighted by atomic mass is 16.5. The summed E-state index contributed by atoms with van der Waals surface area (Å²) < 4.78 is 11.3. The number of pyridine rings is 1. The van der Waals surface area contributed by atoms with E-state index in [1.807, 2.05) is 42.4 Å². The van der Waals surface area contributed by atoms with E-state index in [1.165, 1.54) is 0 Å². The number of carbonyl (C=O) groups excluding carboxylic acids is 1. The van der Waals surface area contributed by atoms with Crippen LogP contribution < -0.4 is 9.47 Å². The molecular weight excluding hydrogens is 402 g/mol.